The van der Waals surface area contributed by atoms with Gasteiger partial charge in [-0.3, -0.25) is 4.90 Å². The highest BCUT2D eigenvalue weighted by Crippen LogP contribution is 2.29. The van der Waals surface area contributed by atoms with Crippen LogP contribution in [0.25, 0.3) is 0 Å². The van der Waals surface area contributed by atoms with E-state index in [2.05, 4.69) is 4.90 Å². The molecule has 106 valence electrons. The highest BCUT2D eigenvalue weighted by atomic mass is 19.1. The van der Waals surface area contributed by atoms with Gasteiger partial charge in [-0.15, -0.1) is 0 Å². The van der Waals surface area contributed by atoms with Crippen molar-refractivity contribution in [3.63, 3.8) is 0 Å². The summed E-state index contributed by atoms with van der Waals surface area (Å²) in [4.78, 5) is 4.22. The van der Waals surface area contributed by atoms with Crippen molar-refractivity contribution in [3.05, 3.63) is 29.3 Å². The molecule has 0 bridgehead atoms. The van der Waals surface area contributed by atoms with Crippen molar-refractivity contribution in [2.75, 3.05) is 31.1 Å². The summed E-state index contributed by atoms with van der Waals surface area (Å²) in [5.74, 6) is -1.26. The Morgan fingerprint density at radius 2 is 1.80 bits per heavy atom. The van der Waals surface area contributed by atoms with Crippen molar-refractivity contribution in [3.8, 4) is 6.07 Å². The second-order valence-corrected chi connectivity index (χ2v) is 5.53. The first kappa shape index (κ1) is 13.3. The van der Waals surface area contributed by atoms with Gasteiger partial charge in [0, 0.05) is 25.7 Å². The number of fused-ring (bicyclic) bond motifs is 1. The van der Waals surface area contributed by atoms with Crippen LogP contribution in [0.5, 0.6) is 0 Å². The van der Waals surface area contributed by atoms with Crippen LogP contribution in [0.1, 0.15) is 24.8 Å². The molecule has 0 amide bonds. The average molecular weight is 277 g/mol. The van der Waals surface area contributed by atoms with E-state index in [1.54, 1.807) is 6.07 Å². The molecule has 0 saturated carbocycles. The molecule has 0 unspecified atom stereocenters. The summed E-state index contributed by atoms with van der Waals surface area (Å²) in [5.41, 5.74) is 0.0545. The van der Waals surface area contributed by atoms with Crippen molar-refractivity contribution in [2.45, 2.75) is 25.3 Å². The summed E-state index contributed by atoms with van der Waals surface area (Å²) >= 11 is 0. The van der Waals surface area contributed by atoms with Crippen LogP contribution in [-0.2, 0) is 0 Å². The molecule has 2 saturated heterocycles. The Hall–Kier alpha value is -1.67. The quantitative estimate of drug-likeness (QED) is 0.790. The van der Waals surface area contributed by atoms with Crippen LogP contribution in [0.3, 0.4) is 0 Å². The Morgan fingerprint density at radius 1 is 1.10 bits per heavy atom. The third-order valence-electron chi connectivity index (χ3n) is 4.27. The first-order chi connectivity index (χ1) is 9.69. The SMILES string of the molecule is N#Cc1cc(F)c(N2CCCN3CCC[C@H]3C2)c(F)c1. The van der Waals surface area contributed by atoms with E-state index < -0.39 is 11.6 Å². The van der Waals surface area contributed by atoms with Gasteiger partial charge in [-0.1, -0.05) is 0 Å². The van der Waals surface area contributed by atoms with Gasteiger partial charge in [-0.2, -0.15) is 5.26 Å². The van der Waals surface area contributed by atoms with Gasteiger partial charge in [0.1, 0.15) is 5.69 Å². The van der Waals surface area contributed by atoms with Gasteiger partial charge in [-0.05, 0) is 37.9 Å². The molecule has 3 rings (SSSR count). The second-order valence-electron chi connectivity index (χ2n) is 5.53. The highest BCUT2D eigenvalue weighted by molar-refractivity contribution is 5.53. The molecule has 2 fully saturated rings. The van der Waals surface area contributed by atoms with Gasteiger partial charge in [0.15, 0.2) is 11.6 Å². The Kier molecular flexibility index (Phi) is 3.58. The molecule has 0 N–H and O–H groups in total. The number of anilines is 1. The van der Waals surface area contributed by atoms with Gasteiger partial charge in [-0.25, -0.2) is 8.78 Å². The first-order valence-corrected chi connectivity index (χ1v) is 7.07. The lowest BCUT2D eigenvalue weighted by atomic mass is 10.1. The number of nitriles is 1. The number of rotatable bonds is 1. The van der Waals surface area contributed by atoms with Crippen LogP contribution < -0.4 is 4.90 Å². The number of benzene rings is 1. The fraction of sp³-hybridized carbons (Fsp3) is 0.533. The lowest BCUT2D eigenvalue weighted by Crippen LogP contribution is -2.37. The molecule has 3 nitrogen and oxygen atoms in total. The number of nitrogens with zero attached hydrogens (tertiary/aromatic N) is 3. The maximum Gasteiger partial charge on any atom is 0.150 e. The van der Waals surface area contributed by atoms with E-state index in [4.69, 9.17) is 5.26 Å². The number of halogens is 2. The van der Waals surface area contributed by atoms with Crippen LogP contribution >= 0.6 is 0 Å². The van der Waals surface area contributed by atoms with Crippen molar-refractivity contribution in [2.24, 2.45) is 0 Å². The molecule has 1 aromatic rings. The normalized spacial score (nSPS) is 23.2. The van der Waals surface area contributed by atoms with Gasteiger partial charge in [0.05, 0.1) is 11.6 Å². The van der Waals surface area contributed by atoms with E-state index in [0.29, 0.717) is 19.1 Å². The lowest BCUT2D eigenvalue weighted by Gasteiger charge is -2.27. The minimum Gasteiger partial charge on any atom is -0.365 e. The summed E-state index contributed by atoms with van der Waals surface area (Å²) in [6.45, 7) is 3.42. The minimum atomic E-state index is -0.631. The minimum absolute atomic E-state index is 0.0257. The van der Waals surface area contributed by atoms with Crippen LogP contribution in [-0.4, -0.2) is 37.1 Å². The summed E-state index contributed by atoms with van der Waals surface area (Å²) < 4.78 is 28.2. The van der Waals surface area contributed by atoms with Gasteiger partial charge in [0.2, 0.25) is 0 Å². The Balaban J connectivity index is 1.90. The standard InChI is InChI=1S/C15H17F2N3/c16-13-7-11(9-18)8-14(17)15(13)20-6-2-5-19-4-1-3-12(19)10-20/h7-8,12H,1-6,10H2/t12-/m0/s1. The van der Waals surface area contributed by atoms with Crippen molar-refractivity contribution >= 4 is 5.69 Å². The fourth-order valence-electron chi connectivity index (χ4n) is 3.34. The van der Waals surface area contributed by atoms with E-state index in [-0.39, 0.29) is 11.3 Å². The third kappa shape index (κ3) is 2.36. The fourth-order valence-corrected chi connectivity index (χ4v) is 3.34. The monoisotopic (exact) mass is 277 g/mol. The van der Waals surface area contributed by atoms with E-state index in [1.807, 2.05) is 4.90 Å². The van der Waals surface area contributed by atoms with E-state index >= 15 is 0 Å². The topological polar surface area (TPSA) is 30.3 Å². The Morgan fingerprint density at radius 3 is 2.50 bits per heavy atom. The molecule has 1 atom stereocenters. The highest BCUT2D eigenvalue weighted by Gasteiger charge is 2.30. The molecular weight excluding hydrogens is 260 g/mol. The van der Waals surface area contributed by atoms with Crippen molar-refractivity contribution < 1.29 is 8.78 Å². The van der Waals surface area contributed by atoms with Gasteiger partial charge >= 0.3 is 0 Å². The predicted molar refractivity (Wildman–Crippen MR) is 72.5 cm³/mol. The molecular formula is C15H17F2N3. The molecule has 2 heterocycles. The van der Waals surface area contributed by atoms with Crippen molar-refractivity contribution in [1.29, 1.82) is 5.26 Å². The molecule has 0 aromatic heterocycles. The maximum atomic E-state index is 14.1. The summed E-state index contributed by atoms with van der Waals surface area (Å²) in [7, 11) is 0. The zero-order chi connectivity index (χ0) is 14.1. The molecule has 0 aliphatic carbocycles. The maximum absolute atomic E-state index is 14.1. The van der Waals surface area contributed by atoms with Crippen LogP contribution in [0.2, 0.25) is 0 Å². The van der Waals surface area contributed by atoms with E-state index in [1.165, 1.54) is 0 Å². The van der Waals surface area contributed by atoms with E-state index in [9.17, 15) is 8.78 Å². The van der Waals surface area contributed by atoms with Crippen LogP contribution in [0, 0.1) is 23.0 Å². The Bertz CT molecular complexity index is 530. The molecule has 20 heavy (non-hydrogen) atoms. The lowest BCUT2D eigenvalue weighted by molar-refractivity contribution is 0.273. The predicted octanol–water partition coefficient (Wildman–Crippen LogP) is 2.51. The van der Waals surface area contributed by atoms with Gasteiger partial charge in [0.25, 0.3) is 0 Å². The molecule has 1 aromatic carbocycles. The number of hydrogen-bond donors (Lipinski definition) is 0. The smallest absolute Gasteiger partial charge is 0.150 e. The molecule has 0 radical (unpaired) electrons. The Labute approximate surface area is 117 Å². The molecule has 0 spiro atoms. The van der Waals surface area contributed by atoms with Crippen molar-refractivity contribution in [1.82, 2.24) is 4.90 Å². The van der Waals surface area contributed by atoms with Gasteiger partial charge < -0.3 is 4.90 Å². The molecule has 2 aliphatic rings. The molecule has 5 heteroatoms. The molecule has 2 aliphatic heterocycles. The summed E-state index contributed by atoms with van der Waals surface area (Å²) in [6.07, 6.45) is 3.17. The van der Waals surface area contributed by atoms with E-state index in [0.717, 1.165) is 44.5 Å². The third-order valence-corrected chi connectivity index (χ3v) is 4.27. The zero-order valence-electron chi connectivity index (χ0n) is 11.3. The van der Waals surface area contributed by atoms with Crippen LogP contribution in [0.15, 0.2) is 12.1 Å². The van der Waals surface area contributed by atoms with Crippen LogP contribution in [0.4, 0.5) is 14.5 Å². The largest absolute Gasteiger partial charge is 0.365 e. The summed E-state index contributed by atoms with van der Waals surface area (Å²) in [6, 6.07) is 4.42. The average Bonchev–Trinajstić information content (AvgIpc) is 2.76. The first-order valence-electron chi connectivity index (χ1n) is 7.07. The summed E-state index contributed by atoms with van der Waals surface area (Å²) in [5, 5.41) is 8.75. The second kappa shape index (κ2) is 5.37. The number of hydrogen-bond acceptors (Lipinski definition) is 3. The zero-order valence-corrected chi connectivity index (χ0v) is 11.3.